The Hall–Kier alpha value is -3.98. The molecule has 0 aliphatic heterocycles. The number of benzene rings is 3. The van der Waals surface area contributed by atoms with E-state index in [1.54, 1.807) is 14.2 Å². The van der Waals surface area contributed by atoms with Crippen LogP contribution in [0.15, 0.2) is 71.9 Å². The van der Waals surface area contributed by atoms with Crippen molar-refractivity contribution >= 4 is 29.0 Å². The van der Waals surface area contributed by atoms with Crippen LogP contribution in [-0.4, -0.2) is 40.6 Å². The molecule has 1 aromatic heterocycles. The number of aromatic nitrogens is 3. The van der Waals surface area contributed by atoms with Crippen molar-refractivity contribution in [1.29, 1.82) is 0 Å². The molecule has 4 aromatic rings. The minimum Gasteiger partial charge on any atom is -0.497 e. The highest BCUT2D eigenvalue weighted by Gasteiger charge is 2.16. The first-order valence-electron chi connectivity index (χ1n) is 11.4. The van der Waals surface area contributed by atoms with Crippen molar-refractivity contribution in [3.05, 3.63) is 83.7 Å². The highest BCUT2D eigenvalue weighted by atomic mass is 32.2. The lowest BCUT2D eigenvalue weighted by Crippen LogP contribution is -2.15. The Bertz CT molecular complexity index is 1320. The summed E-state index contributed by atoms with van der Waals surface area (Å²) < 4.78 is 12.5. The Morgan fingerprint density at radius 1 is 0.917 bits per heavy atom. The first-order chi connectivity index (χ1) is 17.5. The molecule has 0 saturated carbocycles. The summed E-state index contributed by atoms with van der Waals surface area (Å²) in [6.07, 6.45) is 0. The number of nitrogens with one attached hydrogen (secondary N) is 2. The van der Waals surface area contributed by atoms with Crippen molar-refractivity contribution < 1.29 is 14.3 Å². The third-order valence-electron chi connectivity index (χ3n) is 5.56. The minimum absolute atomic E-state index is 0.103. The van der Waals surface area contributed by atoms with E-state index >= 15 is 0 Å². The van der Waals surface area contributed by atoms with E-state index in [2.05, 4.69) is 20.8 Å². The molecule has 1 amide bonds. The van der Waals surface area contributed by atoms with Crippen molar-refractivity contribution in [3.63, 3.8) is 0 Å². The van der Waals surface area contributed by atoms with Gasteiger partial charge in [0.25, 0.3) is 0 Å². The van der Waals surface area contributed by atoms with Gasteiger partial charge in [0.2, 0.25) is 5.91 Å². The lowest BCUT2D eigenvalue weighted by atomic mass is 10.1. The fourth-order valence-electron chi connectivity index (χ4n) is 3.66. The second-order valence-electron chi connectivity index (χ2n) is 8.17. The molecule has 186 valence electrons. The number of rotatable bonds is 10. The van der Waals surface area contributed by atoms with Crippen LogP contribution in [0.5, 0.6) is 11.5 Å². The first kappa shape index (κ1) is 25.1. The summed E-state index contributed by atoms with van der Waals surface area (Å²) in [5.41, 5.74) is 4.81. The number of ether oxygens (including phenoxy) is 2. The average Bonchev–Trinajstić information content (AvgIpc) is 3.31. The maximum absolute atomic E-state index is 12.7. The number of hydrogen-bond donors (Lipinski definition) is 2. The lowest BCUT2D eigenvalue weighted by molar-refractivity contribution is -0.113. The average molecular weight is 504 g/mol. The summed E-state index contributed by atoms with van der Waals surface area (Å²) in [4.78, 5) is 12.7. The van der Waals surface area contributed by atoms with Crippen LogP contribution in [0.4, 0.5) is 11.4 Å². The number of carbonyl (C=O) groups is 1. The summed E-state index contributed by atoms with van der Waals surface area (Å²) in [5.74, 6) is 2.36. The molecule has 0 spiro atoms. The van der Waals surface area contributed by atoms with Gasteiger partial charge in [0.15, 0.2) is 11.0 Å². The third kappa shape index (κ3) is 6.17. The number of nitrogens with zero attached hydrogens (tertiary/aromatic N) is 3. The molecular weight excluding hydrogens is 474 g/mol. The monoisotopic (exact) mass is 503 g/mol. The number of anilines is 2. The molecule has 36 heavy (non-hydrogen) atoms. The smallest absolute Gasteiger partial charge is 0.234 e. The number of carbonyl (C=O) groups excluding carboxylic acids is 1. The molecule has 0 aliphatic carbocycles. The lowest BCUT2D eigenvalue weighted by Gasteiger charge is -2.13. The van der Waals surface area contributed by atoms with Crippen molar-refractivity contribution in [2.45, 2.75) is 25.5 Å². The zero-order valence-corrected chi connectivity index (χ0v) is 21.6. The SMILES string of the molecule is COc1ccc(NCc2nnc(SCC(=O)Nc3ccc(C)cc3C)n2-c2ccc(OC)cc2)cc1. The Labute approximate surface area is 215 Å². The van der Waals surface area contributed by atoms with Gasteiger partial charge < -0.3 is 20.1 Å². The molecule has 2 N–H and O–H groups in total. The van der Waals surface area contributed by atoms with E-state index < -0.39 is 0 Å². The van der Waals surface area contributed by atoms with Crippen molar-refractivity contribution in [2.24, 2.45) is 0 Å². The van der Waals surface area contributed by atoms with Crippen LogP contribution in [-0.2, 0) is 11.3 Å². The van der Waals surface area contributed by atoms with E-state index in [0.29, 0.717) is 17.5 Å². The number of thioether (sulfide) groups is 1. The number of methoxy groups -OCH3 is 2. The van der Waals surface area contributed by atoms with E-state index in [1.165, 1.54) is 11.8 Å². The van der Waals surface area contributed by atoms with Gasteiger partial charge in [-0.2, -0.15) is 0 Å². The van der Waals surface area contributed by atoms with Gasteiger partial charge in [0, 0.05) is 17.1 Å². The Morgan fingerprint density at radius 2 is 1.58 bits per heavy atom. The van der Waals surface area contributed by atoms with Crippen molar-refractivity contribution in [1.82, 2.24) is 14.8 Å². The molecular formula is C27H29N5O3S. The van der Waals surface area contributed by atoms with E-state index in [0.717, 1.165) is 39.7 Å². The van der Waals surface area contributed by atoms with Gasteiger partial charge in [-0.05, 0) is 74.0 Å². The fraction of sp³-hybridized carbons (Fsp3) is 0.222. The van der Waals surface area contributed by atoms with Crippen LogP contribution in [0.3, 0.4) is 0 Å². The van der Waals surface area contributed by atoms with Gasteiger partial charge in [-0.3, -0.25) is 9.36 Å². The molecule has 8 nitrogen and oxygen atoms in total. The molecule has 4 rings (SSSR count). The summed E-state index contributed by atoms with van der Waals surface area (Å²) in [6.45, 7) is 4.46. The Balaban J connectivity index is 1.51. The molecule has 0 fully saturated rings. The molecule has 0 radical (unpaired) electrons. The number of hydrogen-bond acceptors (Lipinski definition) is 7. The van der Waals surface area contributed by atoms with E-state index in [-0.39, 0.29) is 11.7 Å². The van der Waals surface area contributed by atoms with Crippen LogP contribution in [0.1, 0.15) is 17.0 Å². The van der Waals surface area contributed by atoms with Crippen LogP contribution in [0.2, 0.25) is 0 Å². The van der Waals surface area contributed by atoms with Crippen molar-refractivity contribution in [2.75, 3.05) is 30.6 Å². The Kier molecular flexibility index (Phi) is 8.12. The van der Waals surface area contributed by atoms with Gasteiger partial charge in [-0.25, -0.2) is 0 Å². The normalized spacial score (nSPS) is 10.7. The van der Waals surface area contributed by atoms with Gasteiger partial charge in [0.05, 0.1) is 26.5 Å². The van der Waals surface area contributed by atoms with Gasteiger partial charge in [-0.1, -0.05) is 29.5 Å². The summed E-state index contributed by atoms with van der Waals surface area (Å²) >= 11 is 1.34. The summed E-state index contributed by atoms with van der Waals surface area (Å²) in [5, 5.41) is 15.8. The van der Waals surface area contributed by atoms with Crippen LogP contribution in [0.25, 0.3) is 5.69 Å². The standard InChI is InChI=1S/C27H29N5O3S/c1-18-5-14-24(19(2)15-18)29-26(33)17-36-27-31-30-25(16-28-20-6-10-22(34-3)11-7-20)32(27)21-8-12-23(35-4)13-9-21/h5-15,28H,16-17H2,1-4H3,(H,29,33). The topological polar surface area (TPSA) is 90.3 Å². The molecule has 0 saturated heterocycles. The number of amides is 1. The zero-order valence-electron chi connectivity index (χ0n) is 20.7. The second-order valence-corrected chi connectivity index (χ2v) is 9.11. The molecule has 0 aliphatic rings. The van der Waals surface area contributed by atoms with Crippen LogP contribution >= 0.6 is 11.8 Å². The van der Waals surface area contributed by atoms with Crippen molar-refractivity contribution in [3.8, 4) is 17.2 Å². The zero-order chi connectivity index (χ0) is 25.5. The molecule has 0 atom stereocenters. The molecule has 0 unspecified atom stereocenters. The maximum Gasteiger partial charge on any atom is 0.234 e. The van der Waals surface area contributed by atoms with E-state index in [9.17, 15) is 4.79 Å². The van der Waals surface area contributed by atoms with E-state index in [1.807, 2.05) is 85.1 Å². The predicted octanol–water partition coefficient (Wildman–Crippen LogP) is 5.24. The highest BCUT2D eigenvalue weighted by molar-refractivity contribution is 7.99. The summed E-state index contributed by atoms with van der Waals surface area (Å²) in [7, 11) is 3.27. The highest BCUT2D eigenvalue weighted by Crippen LogP contribution is 2.25. The predicted molar refractivity (Wildman–Crippen MR) is 144 cm³/mol. The second kappa shape index (κ2) is 11.6. The Morgan fingerprint density at radius 3 is 2.22 bits per heavy atom. The van der Waals surface area contributed by atoms with Gasteiger partial charge in [-0.15, -0.1) is 10.2 Å². The minimum atomic E-state index is -0.103. The summed E-state index contributed by atoms with van der Waals surface area (Å²) in [6, 6.07) is 21.3. The van der Waals surface area contributed by atoms with Gasteiger partial charge >= 0.3 is 0 Å². The van der Waals surface area contributed by atoms with Gasteiger partial charge in [0.1, 0.15) is 11.5 Å². The molecule has 0 bridgehead atoms. The largest absolute Gasteiger partial charge is 0.497 e. The maximum atomic E-state index is 12.7. The molecule has 9 heteroatoms. The van der Waals surface area contributed by atoms with Crippen LogP contribution in [0, 0.1) is 13.8 Å². The molecule has 3 aromatic carbocycles. The van der Waals surface area contributed by atoms with E-state index in [4.69, 9.17) is 9.47 Å². The quantitative estimate of drug-likeness (QED) is 0.286. The fourth-order valence-corrected chi connectivity index (χ4v) is 4.43. The molecule has 1 heterocycles. The number of aryl methyl sites for hydroxylation is 2. The third-order valence-corrected chi connectivity index (χ3v) is 6.49. The first-order valence-corrected chi connectivity index (χ1v) is 12.4. The van der Waals surface area contributed by atoms with Crippen LogP contribution < -0.4 is 20.1 Å².